The molecule has 0 unspecified atom stereocenters. The molecule has 3 heterocycles. The zero-order valence-corrected chi connectivity index (χ0v) is 15.4. The van der Waals surface area contributed by atoms with E-state index >= 15 is 0 Å². The number of amides is 1. The highest BCUT2D eigenvalue weighted by atomic mass is 32.1. The van der Waals surface area contributed by atoms with Gasteiger partial charge in [-0.25, -0.2) is 4.98 Å². The number of aryl methyl sites for hydroxylation is 1. The summed E-state index contributed by atoms with van der Waals surface area (Å²) in [5.41, 5.74) is 3.66. The number of carbonyl (C=O) groups is 1. The number of fused-ring (bicyclic) bond motifs is 1. The SMILES string of the molecule is Cc1nc2scc(-c3cccc(NC(=O)[C@@H]4CCCO4)c3)n2c(=O)c1C. The fraction of sp³-hybridized carbons (Fsp3) is 0.316. The second-order valence-electron chi connectivity index (χ2n) is 6.44. The van der Waals surface area contributed by atoms with Crippen molar-refractivity contribution >= 4 is 27.9 Å². The van der Waals surface area contributed by atoms with E-state index in [1.807, 2.05) is 36.6 Å². The molecule has 0 saturated carbocycles. The van der Waals surface area contributed by atoms with Crippen LogP contribution in [0, 0.1) is 13.8 Å². The Morgan fingerprint density at radius 2 is 2.23 bits per heavy atom. The molecule has 1 fully saturated rings. The van der Waals surface area contributed by atoms with E-state index in [0.717, 1.165) is 29.8 Å². The van der Waals surface area contributed by atoms with Gasteiger partial charge in [0.15, 0.2) is 4.96 Å². The predicted molar refractivity (Wildman–Crippen MR) is 102 cm³/mol. The van der Waals surface area contributed by atoms with Crippen LogP contribution in [0.25, 0.3) is 16.2 Å². The highest BCUT2D eigenvalue weighted by molar-refractivity contribution is 7.15. The molecule has 1 atom stereocenters. The Labute approximate surface area is 154 Å². The van der Waals surface area contributed by atoms with Crippen molar-refractivity contribution in [3.8, 4) is 11.3 Å². The van der Waals surface area contributed by atoms with Gasteiger partial charge in [-0.15, -0.1) is 11.3 Å². The van der Waals surface area contributed by atoms with Crippen LogP contribution in [0.15, 0.2) is 34.4 Å². The summed E-state index contributed by atoms with van der Waals surface area (Å²) in [6, 6.07) is 7.49. The Kier molecular flexibility index (Phi) is 4.34. The van der Waals surface area contributed by atoms with Gasteiger partial charge in [0.05, 0.1) is 5.69 Å². The van der Waals surface area contributed by atoms with Crippen molar-refractivity contribution in [1.29, 1.82) is 0 Å². The van der Waals surface area contributed by atoms with Gasteiger partial charge in [-0.3, -0.25) is 14.0 Å². The highest BCUT2D eigenvalue weighted by Gasteiger charge is 2.23. The number of hydrogen-bond acceptors (Lipinski definition) is 5. The van der Waals surface area contributed by atoms with Gasteiger partial charge in [0.2, 0.25) is 0 Å². The van der Waals surface area contributed by atoms with Crippen molar-refractivity contribution < 1.29 is 9.53 Å². The maximum Gasteiger partial charge on any atom is 0.262 e. The van der Waals surface area contributed by atoms with Gasteiger partial charge in [0.25, 0.3) is 11.5 Å². The van der Waals surface area contributed by atoms with E-state index in [4.69, 9.17) is 4.74 Å². The fourth-order valence-electron chi connectivity index (χ4n) is 3.10. The number of hydrogen-bond donors (Lipinski definition) is 1. The van der Waals surface area contributed by atoms with Crippen LogP contribution in [-0.2, 0) is 9.53 Å². The first-order valence-electron chi connectivity index (χ1n) is 8.55. The normalized spacial score (nSPS) is 16.9. The number of thiazole rings is 1. The number of rotatable bonds is 3. The molecule has 6 nitrogen and oxygen atoms in total. The monoisotopic (exact) mass is 369 g/mol. The zero-order valence-electron chi connectivity index (χ0n) is 14.6. The average Bonchev–Trinajstić information content (AvgIpc) is 3.30. The van der Waals surface area contributed by atoms with Crippen LogP contribution in [0.2, 0.25) is 0 Å². The summed E-state index contributed by atoms with van der Waals surface area (Å²) < 4.78 is 7.06. The number of nitrogens with one attached hydrogen (secondary N) is 1. The Morgan fingerprint density at radius 3 is 3.00 bits per heavy atom. The van der Waals surface area contributed by atoms with Crippen LogP contribution >= 0.6 is 11.3 Å². The van der Waals surface area contributed by atoms with Crippen LogP contribution < -0.4 is 10.9 Å². The summed E-state index contributed by atoms with van der Waals surface area (Å²) in [7, 11) is 0. The van der Waals surface area contributed by atoms with Crippen molar-refractivity contribution in [1.82, 2.24) is 9.38 Å². The van der Waals surface area contributed by atoms with Crippen molar-refractivity contribution in [3.05, 3.63) is 51.3 Å². The molecule has 26 heavy (non-hydrogen) atoms. The first-order chi connectivity index (χ1) is 12.5. The van der Waals surface area contributed by atoms with E-state index in [-0.39, 0.29) is 17.6 Å². The van der Waals surface area contributed by atoms with Gasteiger partial charge >= 0.3 is 0 Å². The largest absolute Gasteiger partial charge is 0.368 e. The number of aromatic nitrogens is 2. The Morgan fingerprint density at radius 1 is 1.38 bits per heavy atom. The molecule has 1 saturated heterocycles. The standard InChI is InChI=1S/C19H19N3O3S/c1-11-12(2)20-19-22(18(11)24)15(10-26-19)13-5-3-6-14(9-13)21-17(23)16-7-4-8-25-16/h3,5-6,9-10,16H,4,7-8H2,1-2H3,(H,21,23)/t16-/m0/s1. The van der Waals surface area contributed by atoms with E-state index in [2.05, 4.69) is 10.3 Å². The maximum atomic E-state index is 12.7. The molecule has 0 aliphatic carbocycles. The molecule has 1 N–H and O–H groups in total. The van der Waals surface area contributed by atoms with Crippen LogP contribution in [-0.4, -0.2) is 28.0 Å². The first kappa shape index (κ1) is 16.9. The minimum atomic E-state index is -0.377. The smallest absolute Gasteiger partial charge is 0.262 e. The third-order valence-electron chi connectivity index (χ3n) is 4.69. The lowest BCUT2D eigenvalue weighted by atomic mass is 10.1. The van der Waals surface area contributed by atoms with Gasteiger partial charge in [-0.05, 0) is 38.8 Å². The van der Waals surface area contributed by atoms with Crippen LogP contribution in [0.4, 0.5) is 5.69 Å². The predicted octanol–water partition coefficient (Wildman–Crippen LogP) is 3.16. The van der Waals surface area contributed by atoms with Gasteiger partial charge < -0.3 is 10.1 Å². The Bertz CT molecular complexity index is 1050. The van der Waals surface area contributed by atoms with Gasteiger partial charge in [-0.1, -0.05) is 12.1 Å². The number of carbonyl (C=O) groups excluding carboxylic acids is 1. The molecule has 0 spiro atoms. The molecule has 1 aromatic carbocycles. The van der Waals surface area contributed by atoms with E-state index in [1.54, 1.807) is 11.3 Å². The third-order valence-corrected chi connectivity index (χ3v) is 5.51. The molecule has 7 heteroatoms. The summed E-state index contributed by atoms with van der Waals surface area (Å²) >= 11 is 1.43. The maximum absolute atomic E-state index is 12.7. The summed E-state index contributed by atoms with van der Waals surface area (Å²) in [5, 5.41) is 4.83. The van der Waals surface area contributed by atoms with E-state index in [0.29, 0.717) is 22.8 Å². The first-order valence-corrected chi connectivity index (χ1v) is 9.43. The number of benzene rings is 1. The minimum absolute atomic E-state index is 0.0578. The number of nitrogens with zero attached hydrogens (tertiary/aromatic N) is 2. The van der Waals surface area contributed by atoms with Crippen LogP contribution in [0.1, 0.15) is 24.1 Å². The number of ether oxygens (including phenoxy) is 1. The Hall–Kier alpha value is -2.51. The summed E-state index contributed by atoms with van der Waals surface area (Å²) in [6.07, 6.45) is 1.28. The van der Waals surface area contributed by atoms with E-state index < -0.39 is 0 Å². The van der Waals surface area contributed by atoms with E-state index in [1.165, 1.54) is 11.3 Å². The molecule has 1 aliphatic rings. The van der Waals surface area contributed by atoms with Gasteiger partial charge in [0, 0.05) is 34.5 Å². The molecule has 3 aromatic rings. The molecule has 0 radical (unpaired) electrons. The lowest BCUT2D eigenvalue weighted by Crippen LogP contribution is -2.26. The average molecular weight is 369 g/mol. The van der Waals surface area contributed by atoms with Crippen molar-refractivity contribution in [2.75, 3.05) is 11.9 Å². The quantitative estimate of drug-likeness (QED) is 0.770. The molecule has 1 amide bonds. The summed E-state index contributed by atoms with van der Waals surface area (Å²) in [4.78, 5) is 30.1. The topological polar surface area (TPSA) is 72.7 Å². The van der Waals surface area contributed by atoms with Crippen molar-refractivity contribution in [3.63, 3.8) is 0 Å². The minimum Gasteiger partial charge on any atom is -0.368 e. The third kappa shape index (κ3) is 2.93. The lowest BCUT2D eigenvalue weighted by Gasteiger charge is -2.11. The summed E-state index contributed by atoms with van der Waals surface area (Å²) in [5.74, 6) is -0.125. The molecule has 0 bridgehead atoms. The second-order valence-corrected chi connectivity index (χ2v) is 7.27. The second kappa shape index (κ2) is 6.66. The number of anilines is 1. The lowest BCUT2D eigenvalue weighted by molar-refractivity contribution is -0.124. The molecule has 1 aliphatic heterocycles. The van der Waals surface area contributed by atoms with Crippen molar-refractivity contribution in [2.24, 2.45) is 0 Å². The highest BCUT2D eigenvalue weighted by Crippen LogP contribution is 2.27. The van der Waals surface area contributed by atoms with Crippen LogP contribution in [0.5, 0.6) is 0 Å². The fourth-order valence-corrected chi connectivity index (χ4v) is 4.03. The molecular weight excluding hydrogens is 350 g/mol. The molecular formula is C19H19N3O3S. The molecule has 134 valence electrons. The van der Waals surface area contributed by atoms with Crippen molar-refractivity contribution in [2.45, 2.75) is 32.8 Å². The van der Waals surface area contributed by atoms with E-state index in [9.17, 15) is 9.59 Å². The molecule has 2 aromatic heterocycles. The van der Waals surface area contributed by atoms with Gasteiger partial charge in [0.1, 0.15) is 6.10 Å². The van der Waals surface area contributed by atoms with Gasteiger partial charge in [-0.2, -0.15) is 0 Å². The zero-order chi connectivity index (χ0) is 18.3. The summed E-state index contributed by atoms with van der Waals surface area (Å²) in [6.45, 7) is 4.27. The molecule has 4 rings (SSSR count). The Balaban J connectivity index is 1.71. The van der Waals surface area contributed by atoms with Crippen LogP contribution in [0.3, 0.4) is 0 Å².